The monoisotopic (exact) mass is 190 g/mol. The second-order valence-electron chi connectivity index (χ2n) is 3.50. The van der Waals surface area contributed by atoms with Crippen LogP contribution in [0.4, 0.5) is 4.39 Å². The lowest BCUT2D eigenvalue weighted by Gasteiger charge is -2.16. The molecule has 1 aromatic rings. The normalized spacial score (nSPS) is 23.9. The molecule has 72 valence electrons. The first-order valence-corrected chi connectivity index (χ1v) is 4.61. The van der Waals surface area contributed by atoms with Gasteiger partial charge in [-0.3, -0.25) is 0 Å². The zero-order chi connectivity index (χ0) is 10.2. The number of hydrogen-bond donors (Lipinski definition) is 1. The van der Waals surface area contributed by atoms with Crippen LogP contribution in [0, 0.1) is 17.7 Å². The maximum atomic E-state index is 13.3. The van der Waals surface area contributed by atoms with Crippen LogP contribution in [0.3, 0.4) is 0 Å². The predicted molar refractivity (Wildman–Crippen MR) is 52.1 cm³/mol. The summed E-state index contributed by atoms with van der Waals surface area (Å²) in [6.45, 7) is 1.68. The fourth-order valence-corrected chi connectivity index (χ4v) is 1.98. The van der Waals surface area contributed by atoms with E-state index in [4.69, 9.17) is 0 Å². The van der Waals surface area contributed by atoms with Gasteiger partial charge in [0.1, 0.15) is 5.82 Å². The average Bonchev–Trinajstić information content (AvgIpc) is 2.47. The summed E-state index contributed by atoms with van der Waals surface area (Å²) in [5, 5.41) is 10.1. The van der Waals surface area contributed by atoms with Gasteiger partial charge in [-0.1, -0.05) is 18.1 Å². The molecule has 0 amide bonds. The van der Waals surface area contributed by atoms with Crippen LogP contribution in [0.25, 0.3) is 0 Å². The van der Waals surface area contributed by atoms with E-state index in [9.17, 15) is 9.50 Å². The Bertz CT molecular complexity index is 428. The summed E-state index contributed by atoms with van der Waals surface area (Å²) >= 11 is 0. The van der Waals surface area contributed by atoms with Gasteiger partial charge in [-0.2, -0.15) is 0 Å². The lowest BCUT2D eigenvalue weighted by atomic mass is 9.97. The Morgan fingerprint density at radius 3 is 3.00 bits per heavy atom. The Morgan fingerprint density at radius 1 is 1.50 bits per heavy atom. The predicted octanol–water partition coefficient (Wildman–Crippen LogP) is 1.98. The van der Waals surface area contributed by atoms with Crippen molar-refractivity contribution in [1.29, 1.82) is 0 Å². The highest BCUT2D eigenvalue weighted by Crippen LogP contribution is 2.37. The van der Waals surface area contributed by atoms with Gasteiger partial charge < -0.3 is 5.11 Å². The molecular formula is C12H11FO. The molecule has 0 saturated carbocycles. The summed E-state index contributed by atoms with van der Waals surface area (Å²) in [4.78, 5) is 0. The summed E-state index contributed by atoms with van der Waals surface area (Å²) < 4.78 is 13.3. The second-order valence-corrected chi connectivity index (χ2v) is 3.50. The van der Waals surface area contributed by atoms with Crippen molar-refractivity contribution in [3.63, 3.8) is 0 Å². The van der Waals surface area contributed by atoms with Crippen molar-refractivity contribution in [2.24, 2.45) is 0 Å². The molecule has 1 aliphatic carbocycles. The SMILES string of the molecule is CC#CC1(O)CCc2c(F)cccc21. The topological polar surface area (TPSA) is 20.2 Å². The van der Waals surface area contributed by atoms with E-state index < -0.39 is 5.60 Å². The Morgan fingerprint density at radius 2 is 2.29 bits per heavy atom. The molecule has 2 heteroatoms. The van der Waals surface area contributed by atoms with Crippen molar-refractivity contribution in [2.75, 3.05) is 0 Å². The van der Waals surface area contributed by atoms with Crippen molar-refractivity contribution >= 4 is 0 Å². The number of benzene rings is 1. The standard InChI is InChI=1S/C12H11FO/c1-2-7-12(14)8-6-9-10(12)4-3-5-11(9)13/h3-5,14H,6,8H2,1H3. The molecule has 1 unspecified atom stereocenters. The summed E-state index contributed by atoms with van der Waals surface area (Å²) in [5.74, 6) is 5.19. The maximum Gasteiger partial charge on any atom is 0.151 e. The second kappa shape index (κ2) is 3.11. The van der Waals surface area contributed by atoms with E-state index in [1.165, 1.54) is 6.07 Å². The molecule has 0 saturated heterocycles. The average molecular weight is 190 g/mol. The molecule has 1 aliphatic rings. The van der Waals surface area contributed by atoms with Gasteiger partial charge in [0.2, 0.25) is 0 Å². The molecule has 2 rings (SSSR count). The van der Waals surface area contributed by atoms with Crippen molar-refractivity contribution in [2.45, 2.75) is 25.4 Å². The van der Waals surface area contributed by atoms with E-state index in [0.717, 1.165) is 0 Å². The van der Waals surface area contributed by atoms with E-state index in [-0.39, 0.29) is 5.82 Å². The van der Waals surface area contributed by atoms with Gasteiger partial charge in [0.05, 0.1) is 0 Å². The minimum atomic E-state index is -1.13. The fourth-order valence-electron chi connectivity index (χ4n) is 1.98. The Hall–Kier alpha value is -1.33. The van der Waals surface area contributed by atoms with E-state index in [1.54, 1.807) is 19.1 Å². The van der Waals surface area contributed by atoms with E-state index in [2.05, 4.69) is 11.8 Å². The van der Waals surface area contributed by atoms with Gasteiger partial charge in [-0.15, -0.1) is 5.92 Å². The smallest absolute Gasteiger partial charge is 0.151 e. The van der Waals surface area contributed by atoms with Crippen LogP contribution >= 0.6 is 0 Å². The van der Waals surface area contributed by atoms with Crippen LogP contribution < -0.4 is 0 Å². The lowest BCUT2D eigenvalue weighted by molar-refractivity contribution is 0.102. The van der Waals surface area contributed by atoms with Gasteiger partial charge in [-0.25, -0.2) is 4.39 Å². The number of aliphatic hydroxyl groups is 1. The molecule has 0 fully saturated rings. The number of fused-ring (bicyclic) bond motifs is 1. The molecule has 0 heterocycles. The van der Waals surface area contributed by atoms with E-state index in [0.29, 0.717) is 24.0 Å². The Kier molecular flexibility index (Phi) is 2.05. The number of hydrogen-bond acceptors (Lipinski definition) is 1. The first-order valence-electron chi connectivity index (χ1n) is 4.61. The van der Waals surface area contributed by atoms with Crippen LogP contribution in [-0.2, 0) is 12.0 Å². The zero-order valence-corrected chi connectivity index (χ0v) is 7.97. The van der Waals surface area contributed by atoms with Crippen LogP contribution in [0.2, 0.25) is 0 Å². The Labute approximate surface area is 82.6 Å². The lowest BCUT2D eigenvalue weighted by Crippen LogP contribution is -2.19. The fraction of sp³-hybridized carbons (Fsp3) is 0.333. The maximum absolute atomic E-state index is 13.3. The van der Waals surface area contributed by atoms with Crippen LogP contribution in [0.1, 0.15) is 24.5 Å². The van der Waals surface area contributed by atoms with Gasteiger partial charge in [0.25, 0.3) is 0 Å². The molecule has 1 nitrogen and oxygen atoms in total. The highest BCUT2D eigenvalue weighted by Gasteiger charge is 2.36. The van der Waals surface area contributed by atoms with Crippen molar-refractivity contribution in [3.05, 3.63) is 35.1 Å². The van der Waals surface area contributed by atoms with Crippen LogP contribution in [0.15, 0.2) is 18.2 Å². The largest absolute Gasteiger partial charge is 0.373 e. The summed E-state index contributed by atoms with van der Waals surface area (Å²) in [7, 11) is 0. The van der Waals surface area contributed by atoms with Crippen molar-refractivity contribution in [1.82, 2.24) is 0 Å². The first kappa shape index (κ1) is 9.23. The molecule has 0 radical (unpaired) electrons. The minimum absolute atomic E-state index is 0.240. The summed E-state index contributed by atoms with van der Waals surface area (Å²) in [6, 6.07) is 4.78. The third kappa shape index (κ3) is 1.21. The molecule has 14 heavy (non-hydrogen) atoms. The van der Waals surface area contributed by atoms with Crippen LogP contribution in [-0.4, -0.2) is 5.11 Å². The molecule has 1 atom stereocenters. The molecular weight excluding hydrogens is 179 g/mol. The van der Waals surface area contributed by atoms with Gasteiger partial charge in [0.15, 0.2) is 5.60 Å². The van der Waals surface area contributed by atoms with Crippen LogP contribution in [0.5, 0.6) is 0 Å². The van der Waals surface area contributed by atoms with E-state index >= 15 is 0 Å². The van der Waals surface area contributed by atoms with Gasteiger partial charge >= 0.3 is 0 Å². The zero-order valence-electron chi connectivity index (χ0n) is 7.97. The molecule has 0 spiro atoms. The summed E-state index contributed by atoms with van der Waals surface area (Å²) in [5.41, 5.74) is 0.108. The van der Waals surface area contributed by atoms with E-state index in [1.807, 2.05) is 0 Å². The third-order valence-electron chi connectivity index (χ3n) is 2.63. The highest BCUT2D eigenvalue weighted by molar-refractivity contribution is 5.43. The minimum Gasteiger partial charge on any atom is -0.373 e. The summed E-state index contributed by atoms with van der Waals surface area (Å²) in [6.07, 6.45) is 1.05. The molecule has 1 aromatic carbocycles. The molecule has 0 aliphatic heterocycles. The number of halogens is 1. The van der Waals surface area contributed by atoms with Crippen molar-refractivity contribution in [3.8, 4) is 11.8 Å². The molecule has 1 N–H and O–H groups in total. The number of rotatable bonds is 0. The highest BCUT2D eigenvalue weighted by atomic mass is 19.1. The van der Waals surface area contributed by atoms with Crippen molar-refractivity contribution < 1.29 is 9.50 Å². The van der Waals surface area contributed by atoms with Gasteiger partial charge in [-0.05, 0) is 31.4 Å². The van der Waals surface area contributed by atoms with Gasteiger partial charge in [0, 0.05) is 5.56 Å². The molecule has 0 aromatic heterocycles. The first-order chi connectivity index (χ1) is 6.67. The third-order valence-corrected chi connectivity index (χ3v) is 2.63. The quantitative estimate of drug-likeness (QED) is 0.620. The molecule has 0 bridgehead atoms. The Balaban J connectivity index is 2.58.